The first-order valence-electron chi connectivity index (χ1n) is 5.37. The van der Waals surface area contributed by atoms with Crippen LogP contribution >= 0.6 is 11.3 Å². The summed E-state index contributed by atoms with van der Waals surface area (Å²) in [5.74, 6) is 1.78. The van der Waals surface area contributed by atoms with Crippen LogP contribution in [0.1, 0.15) is 24.7 Å². The maximum atomic E-state index is 5.31. The largest absolute Gasteiger partial charge is 0.339 e. The van der Waals surface area contributed by atoms with Crippen LogP contribution in [-0.4, -0.2) is 28.2 Å². The highest BCUT2D eigenvalue weighted by Gasteiger charge is 2.22. The van der Waals surface area contributed by atoms with Crippen LogP contribution in [-0.2, 0) is 0 Å². The van der Waals surface area contributed by atoms with Gasteiger partial charge in [-0.2, -0.15) is 4.98 Å². The first-order chi connectivity index (χ1) is 7.93. The molecule has 1 N–H and O–H groups in total. The number of rotatable bonds is 2. The Balaban J connectivity index is 1.82. The van der Waals surface area contributed by atoms with Crippen molar-refractivity contribution in [1.29, 1.82) is 0 Å². The zero-order valence-corrected chi connectivity index (χ0v) is 9.54. The van der Waals surface area contributed by atoms with Crippen molar-refractivity contribution >= 4 is 11.3 Å². The Morgan fingerprint density at radius 3 is 3.00 bits per heavy atom. The third-order valence-corrected chi connectivity index (χ3v) is 3.52. The van der Waals surface area contributed by atoms with Gasteiger partial charge in [-0.05, 0) is 25.9 Å². The van der Waals surface area contributed by atoms with E-state index in [1.165, 1.54) is 11.3 Å². The fourth-order valence-corrected chi connectivity index (χ4v) is 2.45. The quantitative estimate of drug-likeness (QED) is 0.859. The van der Waals surface area contributed by atoms with Gasteiger partial charge in [-0.15, -0.1) is 11.3 Å². The molecule has 3 heterocycles. The summed E-state index contributed by atoms with van der Waals surface area (Å²) in [5, 5.41) is 10.0. The molecule has 2 aromatic rings. The molecule has 0 aliphatic carbocycles. The Labute approximate surface area is 96.9 Å². The van der Waals surface area contributed by atoms with Gasteiger partial charge in [0.1, 0.15) is 0 Å². The van der Waals surface area contributed by atoms with E-state index in [-0.39, 0.29) is 0 Å². The normalized spacial score (nSPS) is 17.8. The second kappa shape index (κ2) is 4.31. The number of nitrogens with one attached hydrogen (secondary N) is 1. The van der Waals surface area contributed by atoms with E-state index in [0.717, 1.165) is 36.8 Å². The van der Waals surface area contributed by atoms with Crippen LogP contribution in [0.2, 0.25) is 0 Å². The van der Waals surface area contributed by atoms with Crippen LogP contribution < -0.4 is 5.32 Å². The van der Waals surface area contributed by atoms with Gasteiger partial charge in [-0.3, -0.25) is 0 Å². The van der Waals surface area contributed by atoms with Crippen molar-refractivity contribution in [2.75, 3.05) is 13.1 Å². The van der Waals surface area contributed by atoms with E-state index in [1.54, 1.807) is 6.20 Å². The molecular weight excluding hydrogens is 224 g/mol. The van der Waals surface area contributed by atoms with E-state index in [9.17, 15) is 0 Å². The standard InChI is InChI=1S/C10H12N4OS/c1-3-11-4-2-7(1)9-13-8(14-15-9)10-12-5-6-16-10/h5-7,11H,1-4H2. The van der Waals surface area contributed by atoms with Gasteiger partial charge >= 0.3 is 0 Å². The fourth-order valence-electron chi connectivity index (χ4n) is 1.89. The SMILES string of the molecule is c1csc(-c2noc(C3CCNCC3)n2)n1. The molecule has 1 fully saturated rings. The molecule has 0 radical (unpaired) electrons. The third-order valence-electron chi connectivity index (χ3n) is 2.75. The third kappa shape index (κ3) is 1.85. The molecule has 84 valence electrons. The maximum Gasteiger partial charge on any atom is 0.231 e. The zero-order valence-electron chi connectivity index (χ0n) is 8.72. The van der Waals surface area contributed by atoms with Gasteiger partial charge in [0, 0.05) is 17.5 Å². The number of nitrogens with zero attached hydrogens (tertiary/aromatic N) is 3. The first kappa shape index (κ1) is 9.92. The van der Waals surface area contributed by atoms with Crippen molar-refractivity contribution < 1.29 is 4.52 Å². The molecule has 3 rings (SSSR count). The predicted molar refractivity (Wildman–Crippen MR) is 60.3 cm³/mol. The Hall–Kier alpha value is -1.27. The Kier molecular flexibility index (Phi) is 2.67. The van der Waals surface area contributed by atoms with Gasteiger partial charge in [0.15, 0.2) is 5.01 Å². The monoisotopic (exact) mass is 236 g/mol. The van der Waals surface area contributed by atoms with Crippen molar-refractivity contribution in [2.45, 2.75) is 18.8 Å². The van der Waals surface area contributed by atoms with Crippen LogP contribution in [0.25, 0.3) is 10.8 Å². The summed E-state index contributed by atoms with van der Waals surface area (Å²) in [6.07, 6.45) is 3.89. The lowest BCUT2D eigenvalue weighted by molar-refractivity contribution is 0.320. The van der Waals surface area contributed by atoms with E-state index in [4.69, 9.17) is 4.52 Å². The first-order valence-corrected chi connectivity index (χ1v) is 6.25. The highest BCUT2D eigenvalue weighted by atomic mass is 32.1. The summed E-state index contributed by atoms with van der Waals surface area (Å²) in [4.78, 5) is 8.58. The number of hydrogen-bond donors (Lipinski definition) is 1. The van der Waals surface area contributed by atoms with Crippen molar-refractivity contribution in [1.82, 2.24) is 20.4 Å². The van der Waals surface area contributed by atoms with E-state index in [0.29, 0.717) is 11.7 Å². The van der Waals surface area contributed by atoms with E-state index < -0.39 is 0 Å². The zero-order chi connectivity index (χ0) is 10.8. The van der Waals surface area contributed by atoms with Crippen molar-refractivity contribution in [3.8, 4) is 10.8 Å². The summed E-state index contributed by atoms with van der Waals surface area (Å²) in [6, 6.07) is 0. The van der Waals surface area contributed by atoms with Crippen LogP contribution in [0.15, 0.2) is 16.1 Å². The molecule has 0 amide bonds. The lowest BCUT2D eigenvalue weighted by atomic mass is 9.98. The Bertz CT molecular complexity index is 447. The molecule has 0 atom stereocenters. The lowest BCUT2D eigenvalue weighted by Gasteiger charge is -2.18. The van der Waals surface area contributed by atoms with Crippen molar-refractivity contribution in [3.05, 3.63) is 17.5 Å². The summed E-state index contributed by atoms with van der Waals surface area (Å²) >= 11 is 1.53. The minimum Gasteiger partial charge on any atom is -0.339 e. The Morgan fingerprint density at radius 1 is 1.38 bits per heavy atom. The topological polar surface area (TPSA) is 63.8 Å². The molecule has 1 aliphatic heterocycles. The average Bonchev–Trinajstić information content (AvgIpc) is 3.01. The van der Waals surface area contributed by atoms with Crippen molar-refractivity contribution in [3.63, 3.8) is 0 Å². The minimum atomic E-state index is 0.405. The second-order valence-electron chi connectivity index (χ2n) is 3.82. The van der Waals surface area contributed by atoms with E-state index in [2.05, 4.69) is 20.4 Å². The van der Waals surface area contributed by atoms with Gasteiger partial charge in [0.25, 0.3) is 0 Å². The van der Waals surface area contributed by atoms with E-state index in [1.807, 2.05) is 5.38 Å². The molecule has 0 aromatic carbocycles. The van der Waals surface area contributed by atoms with Crippen LogP contribution in [0.4, 0.5) is 0 Å². The smallest absolute Gasteiger partial charge is 0.231 e. The molecule has 0 bridgehead atoms. The molecule has 0 saturated carbocycles. The van der Waals surface area contributed by atoms with Gasteiger partial charge in [-0.25, -0.2) is 4.98 Å². The van der Waals surface area contributed by atoms with Crippen LogP contribution in [0.3, 0.4) is 0 Å². The number of piperidine rings is 1. The molecule has 1 saturated heterocycles. The van der Waals surface area contributed by atoms with Gasteiger partial charge in [0.2, 0.25) is 11.7 Å². The van der Waals surface area contributed by atoms with Crippen LogP contribution in [0.5, 0.6) is 0 Å². The summed E-state index contributed by atoms with van der Waals surface area (Å²) < 4.78 is 5.31. The van der Waals surface area contributed by atoms with Gasteiger partial charge < -0.3 is 9.84 Å². The van der Waals surface area contributed by atoms with Gasteiger partial charge in [-0.1, -0.05) is 5.16 Å². The molecule has 6 heteroatoms. The summed E-state index contributed by atoms with van der Waals surface area (Å²) in [6.45, 7) is 2.05. The molecular formula is C10H12N4OS. The molecule has 0 spiro atoms. The minimum absolute atomic E-state index is 0.405. The Morgan fingerprint density at radius 2 is 2.25 bits per heavy atom. The molecule has 2 aromatic heterocycles. The van der Waals surface area contributed by atoms with E-state index >= 15 is 0 Å². The average molecular weight is 236 g/mol. The van der Waals surface area contributed by atoms with Crippen LogP contribution in [0, 0.1) is 0 Å². The maximum absolute atomic E-state index is 5.31. The summed E-state index contributed by atoms with van der Waals surface area (Å²) in [7, 11) is 0. The lowest BCUT2D eigenvalue weighted by Crippen LogP contribution is -2.26. The highest BCUT2D eigenvalue weighted by Crippen LogP contribution is 2.26. The molecule has 16 heavy (non-hydrogen) atoms. The number of hydrogen-bond acceptors (Lipinski definition) is 6. The van der Waals surface area contributed by atoms with Crippen molar-refractivity contribution in [2.24, 2.45) is 0 Å². The number of thiazole rings is 1. The highest BCUT2D eigenvalue weighted by molar-refractivity contribution is 7.12. The van der Waals surface area contributed by atoms with Gasteiger partial charge in [0.05, 0.1) is 0 Å². The molecule has 1 aliphatic rings. The number of aromatic nitrogens is 3. The molecule has 5 nitrogen and oxygen atoms in total. The molecule has 0 unspecified atom stereocenters. The fraction of sp³-hybridized carbons (Fsp3) is 0.500. The second-order valence-corrected chi connectivity index (χ2v) is 4.71. The summed E-state index contributed by atoms with van der Waals surface area (Å²) in [5.41, 5.74) is 0. The predicted octanol–water partition coefficient (Wildman–Crippen LogP) is 1.66.